The van der Waals surface area contributed by atoms with E-state index in [1.165, 1.54) is 12.1 Å². The van der Waals surface area contributed by atoms with Gasteiger partial charge in [0.05, 0.1) is 5.56 Å². The molecule has 1 aromatic carbocycles. The highest BCUT2D eigenvalue weighted by Gasteiger charge is 2.30. The topological polar surface area (TPSA) is 0 Å². The van der Waals surface area contributed by atoms with Gasteiger partial charge in [0.15, 0.2) is 0 Å². The van der Waals surface area contributed by atoms with Crippen LogP contribution < -0.4 is 0 Å². The average molecular weight is 270 g/mol. The second kappa shape index (κ2) is 5.20. The van der Waals surface area contributed by atoms with Crippen molar-refractivity contribution in [2.75, 3.05) is 0 Å². The molecule has 18 heavy (non-hydrogen) atoms. The van der Waals surface area contributed by atoms with E-state index in [4.69, 9.17) is 0 Å². The molecule has 1 unspecified atom stereocenters. The van der Waals surface area contributed by atoms with Gasteiger partial charge in [-0.25, -0.2) is 0 Å². The van der Waals surface area contributed by atoms with Crippen molar-refractivity contribution in [2.45, 2.75) is 38.0 Å². The summed E-state index contributed by atoms with van der Waals surface area (Å²) < 4.78 is 72.8. The molecule has 0 aliphatic rings. The van der Waals surface area contributed by atoms with Crippen LogP contribution in [0.1, 0.15) is 36.8 Å². The summed E-state index contributed by atoms with van der Waals surface area (Å²) in [5, 5.41) is 0. The average Bonchev–Trinajstić information content (AvgIpc) is 2.24. The fraction of sp³-hybridized carbons (Fsp3) is 0.500. The minimum Gasteiger partial charge on any atom is -0.171 e. The Labute approximate surface area is 101 Å². The van der Waals surface area contributed by atoms with Gasteiger partial charge in [-0.1, -0.05) is 19.1 Å². The van der Waals surface area contributed by atoms with Gasteiger partial charge in [0.1, 0.15) is 0 Å². The minimum atomic E-state index is -4.42. The van der Waals surface area contributed by atoms with Crippen molar-refractivity contribution in [3.8, 4) is 0 Å². The van der Waals surface area contributed by atoms with Crippen LogP contribution >= 0.6 is 0 Å². The molecular weight excluding hydrogens is 258 g/mol. The van der Waals surface area contributed by atoms with E-state index in [1.807, 2.05) is 0 Å². The number of hydrogen-bond acceptors (Lipinski definition) is 0. The van der Waals surface area contributed by atoms with Gasteiger partial charge < -0.3 is 0 Å². The molecule has 0 bridgehead atoms. The fourth-order valence-corrected chi connectivity index (χ4v) is 1.55. The Kier molecular flexibility index (Phi) is 4.29. The molecule has 0 fully saturated rings. The number of rotatable bonds is 3. The molecule has 0 aromatic heterocycles. The lowest BCUT2D eigenvalue weighted by molar-refractivity contribution is -0.137. The monoisotopic (exact) mass is 270 g/mol. The third-order valence-corrected chi connectivity index (χ3v) is 2.67. The third kappa shape index (κ3) is 4.58. The first-order valence-corrected chi connectivity index (χ1v) is 5.33. The predicted octanol–water partition coefficient (Wildman–Crippen LogP) is 5.15. The lowest BCUT2D eigenvalue weighted by Gasteiger charge is -2.14. The Morgan fingerprint density at radius 3 is 1.83 bits per heavy atom. The molecule has 0 saturated carbocycles. The van der Waals surface area contributed by atoms with Crippen LogP contribution in [0.4, 0.5) is 26.3 Å². The van der Waals surface area contributed by atoms with E-state index in [0.29, 0.717) is 5.56 Å². The molecule has 102 valence electrons. The SMILES string of the molecule is CC(CCC(F)(F)F)c1ccc(C(F)(F)F)cc1. The first-order chi connectivity index (χ1) is 8.09. The first kappa shape index (κ1) is 14.9. The molecule has 0 radical (unpaired) electrons. The molecular formula is C12H12F6. The number of halogens is 6. The molecule has 1 atom stereocenters. The second-order valence-electron chi connectivity index (χ2n) is 4.17. The summed E-state index contributed by atoms with van der Waals surface area (Å²) in [6, 6.07) is 4.23. The Hall–Kier alpha value is -1.20. The van der Waals surface area contributed by atoms with Gasteiger partial charge in [-0.2, -0.15) is 26.3 Å². The van der Waals surface area contributed by atoms with Crippen molar-refractivity contribution >= 4 is 0 Å². The van der Waals surface area contributed by atoms with Crippen molar-refractivity contribution in [1.29, 1.82) is 0 Å². The molecule has 0 N–H and O–H groups in total. The smallest absolute Gasteiger partial charge is 0.171 e. The Balaban J connectivity index is 2.68. The Morgan fingerprint density at radius 2 is 1.44 bits per heavy atom. The van der Waals surface area contributed by atoms with Crippen LogP contribution in [0.15, 0.2) is 24.3 Å². The molecule has 0 aliphatic heterocycles. The summed E-state index contributed by atoms with van der Waals surface area (Å²) in [5.41, 5.74) is -0.318. The second-order valence-corrected chi connectivity index (χ2v) is 4.17. The Bertz CT molecular complexity index is 373. The van der Waals surface area contributed by atoms with Crippen molar-refractivity contribution in [3.63, 3.8) is 0 Å². The summed E-state index contributed by atoms with van der Waals surface area (Å²) in [7, 11) is 0. The molecule has 6 heteroatoms. The normalized spacial score (nSPS) is 14.6. The molecule has 0 heterocycles. The summed E-state index contributed by atoms with van der Waals surface area (Å²) in [4.78, 5) is 0. The summed E-state index contributed by atoms with van der Waals surface area (Å²) >= 11 is 0. The van der Waals surface area contributed by atoms with E-state index in [0.717, 1.165) is 12.1 Å². The molecule has 0 amide bonds. The minimum absolute atomic E-state index is 0.130. The lowest BCUT2D eigenvalue weighted by Crippen LogP contribution is -2.09. The molecule has 0 nitrogen and oxygen atoms in total. The van der Waals surface area contributed by atoms with Gasteiger partial charge in [-0.05, 0) is 30.0 Å². The largest absolute Gasteiger partial charge is 0.416 e. The van der Waals surface area contributed by atoms with Gasteiger partial charge in [0.25, 0.3) is 0 Å². The molecule has 0 spiro atoms. The van der Waals surface area contributed by atoms with Crippen molar-refractivity contribution in [1.82, 2.24) is 0 Å². The Morgan fingerprint density at radius 1 is 0.944 bits per heavy atom. The number of benzene rings is 1. The molecule has 0 saturated heterocycles. The third-order valence-electron chi connectivity index (χ3n) is 2.67. The maximum atomic E-state index is 12.3. The quantitative estimate of drug-likeness (QED) is 0.666. The van der Waals surface area contributed by atoms with Gasteiger partial charge in [0.2, 0.25) is 0 Å². The van der Waals surface area contributed by atoms with Gasteiger partial charge in [-0.15, -0.1) is 0 Å². The van der Waals surface area contributed by atoms with Crippen LogP contribution in [0, 0.1) is 0 Å². The highest BCUT2D eigenvalue weighted by atomic mass is 19.4. The van der Waals surface area contributed by atoms with Crippen molar-refractivity contribution < 1.29 is 26.3 Å². The number of alkyl halides is 6. The van der Waals surface area contributed by atoms with E-state index in [2.05, 4.69) is 0 Å². The van der Waals surface area contributed by atoms with Crippen molar-refractivity contribution in [2.24, 2.45) is 0 Å². The zero-order chi connectivity index (χ0) is 14.0. The fourth-order valence-electron chi connectivity index (χ4n) is 1.55. The van der Waals surface area contributed by atoms with Crippen LogP contribution in [0.25, 0.3) is 0 Å². The summed E-state index contributed by atoms with van der Waals surface area (Å²) in [6.07, 6.45) is -9.72. The van der Waals surface area contributed by atoms with Crippen LogP contribution in [-0.4, -0.2) is 6.18 Å². The van der Waals surface area contributed by atoms with Crippen LogP contribution in [0.2, 0.25) is 0 Å². The number of hydrogen-bond donors (Lipinski definition) is 0. The van der Waals surface area contributed by atoms with E-state index in [1.54, 1.807) is 6.92 Å². The summed E-state index contributed by atoms with van der Waals surface area (Å²) in [5.74, 6) is -0.422. The zero-order valence-electron chi connectivity index (χ0n) is 9.57. The molecule has 1 rings (SSSR count). The van der Waals surface area contributed by atoms with Gasteiger partial charge in [0, 0.05) is 6.42 Å². The van der Waals surface area contributed by atoms with Gasteiger partial charge >= 0.3 is 12.4 Å². The molecule has 1 aromatic rings. The van der Waals surface area contributed by atoms with E-state index < -0.39 is 30.3 Å². The highest BCUT2D eigenvalue weighted by Crippen LogP contribution is 2.32. The standard InChI is InChI=1S/C12H12F6/c1-8(6-7-11(13,14)15)9-2-4-10(5-3-9)12(16,17)18/h2-5,8H,6-7H2,1H3. The van der Waals surface area contributed by atoms with Crippen molar-refractivity contribution in [3.05, 3.63) is 35.4 Å². The van der Waals surface area contributed by atoms with Crippen LogP contribution in [0.5, 0.6) is 0 Å². The maximum absolute atomic E-state index is 12.3. The van der Waals surface area contributed by atoms with E-state index in [9.17, 15) is 26.3 Å². The van der Waals surface area contributed by atoms with Crippen LogP contribution in [-0.2, 0) is 6.18 Å². The highest BCUT2D eigenvalue weighted by molar-refractivity contribution is 5.26. The summed E-state index contributed by atoms with van der Waals surface area (Å²) in [6.45, 7) is 1.56. The van der Waals surface area contributed by atoms with E-state index >= 15 is 0 Å². The first-order valence-electron chi connectivity index (χ1n) is 5.33. The predicted molar refractivity (Wildman–Crippen MR) is 55.1 cm³/mol. The zero-order valence-corrected chi connectivity index (χ0v) is 9.57. The molecule has 0 aliphatic carbocycles. The maximum Gasteiger partial charge on any atom is 0.416 e. The van der Waals surface area contributed by atoms with Crippen LogP contribution in [0.3, 0.4) is 0 Å². The van der Waals surface area contributed by atoms with E-state index in [-0.39, 0.29) is 6.42 Å². The lowest BCUT2D eigenvalue weighted by atomic mass is 9.95. The van der Waals surface area contributed by atoms with Gasteiger partial charge in [-0.3, -0.25) is 0 Å².